The van der Waals surface area contributed by atoms with Crippen molar-refractivity contribution in [3.63, 3.8) is 0 Å². The van der Waals surface area contributed by atoms with Crippen LogP contribution in [0.1, 0.15) is 36.5 Å². The third-order valence-corrected chi connectivity index (χ3v) is 5.10. The van der Waals surface area contributed by atoms with E-state index in [0.29, 0.717) is 31.0 Å². The summed E-state index contributed by atoms with van der Waals surface area (Å²) in [5.74, 6) is 1.33. The molecule has 9 nitrogen and oxygen atoms in total. The molecule has 9 heteroatoms. The molecule has 160 valence electrons. The van der Waals surface area contributed by atoms with Gasteiger partial charge in [-0.2, -0.15) is 14.5 Å². The quantitative estimate of drug-likeness (QED) is 0.359. The number of aromatic nitrogens is 4. The fourth-order valence-corrected chi connectivity index (χ4v) is 3.34. The number of nitrogens with zero attached hydrogens (tertiary/aromatic N) is 6. The molecule has 0 amide bonds. The van der Waals surface area contributed by atoms with Crippen molar-refractivity contribution in [3.05, 3.63) is 69.6 Å². The Kier molecular flexibility index (Phi) is 5.92. The SMILES string of the molecule is CCC(=NN=C1CCOc2ccccc21)OCc1c(C)cccc1-n1nnn(C)c1=O. The largest absolute Gasteiger partial charge is 0.492 e. The van der Waals surface area contributed by atoms with Crippen molar-refractivity contribution in [2.75, 3.05) is 6.61 Å². The summed E-state index contributed by atoms with van der Waals surface area (Å²) in [7, 11) is 1.56. The third kappa shape index (κ3) is 4.25. The van der Waals surface area contributed by atoms with Gasteiger partial charge in [0.15, 0.2) is 0 Å². The second-order valence-electron chi connectivity index (χ2n) is 7.15. The van der Waals surface area contributed by atoms with Crippen molar-refractivity contribution in [2.45, 2.75) is 33.3 Å². The van der Waals surface area contributed by atoms with E-state index in [-0.39, 0.29) is 12.3 Å². The standard InChI is InChI=1S/C22H24N6O3/c1-4-21(24-23-18-12-13-30-20-11-6-5-9-16(18)20)31-14-17-15(2)8-7-10-19(17)28-22(29)27(3)25-26-28/h5-11H,4,12-14H2,1-3H3. The Morgan fingerprint density at radius 2 is 2.03 bits per heavy atom. The van der Waals surface area contributed by atoms with Crippen molar-refractivity contribution in [1.29, 1.82) is 0 Å². The zero-order chi connectivity index (χ0) is 21.8. The molecule has 31 heavy (non-hydrogen) atoms. The van der Waals surface area contributed by atoms with Crippen molar-refractivity contribution in [3.8, 4) is 11.4 Å². The molecule has 1 aromatic heterocycles. The highest BCUT2D eigenvalue weighted by molar-refractivity contribution is 6.03. The number of hydrogen-bond acceptors (Lipinski definition) is 7. The number of rotatable bonds is 5. The Hall–Kier alpha value is -3.75. The summed E-state index contributed by atoms with van der Waals surface area (Å²) in [6.45, 7) is 4.74. The molecule has 1 aliphatic heterocycles. The second-order valence-corrected chi connectivity index (χ2v) is 7.15. The molecule has 4 rings (SSSR count). The lowest BCUT2D eigenvalue weighted by atomic mass is 10.0. The Balaban J connectivity index is 1.58. The minimum Gasteiger partial charge on any atom is -0.492 e. The fourth-order valence-electron chi connectivity index (χ4n) is 3.34. The Morgan fingerprint density at radius 3 is 2.81 bits per heavy atom. The van der Waals surface area contributed by atoms with Crippen LogP contribution in [0.3, 0.4) is 0 Å². The number of benzene rings is 2. The topological polar surface area (TPSA) is 95.9 Å². The van der Waals surface area contributed by atoms with Crippen LogP contribution in [0.5, 0.6) is 5.75 Å². The van der Waals surface area contributed by atoms with Gasteiger partial charge in [-0.25, -0.2) is 4.79 Å². The lowest BCUT2D eigenvalue weighted by Gasteiger charge is -2.18. The van der Waals surface area contributed by atoms with Crippen LogP contribution in [-0.4, -0.2) is 38.0 Å². The first-order valence-corrected chi connectivity index (χ1v) is 10.1. The van der Waals surface area contributed by atoms with Crippen molar-refractivity contribution < 1.29 is 9.47 Å². The minimum atomic E-state index is -0.319. The average Bonchev–Trinajstić information content (AvgIpc) is 3.12. The Morgan fingerprint density at radius 1 is 1.19 bits per heavy atom. The van der Waals surface area contributed by atoms with E-state index in [4.69, 9.17) is 9.47 Å². The first kappa shape index (κ1) is 20.5. The molecule has 0 N–H and O–H groups in total. The molecular weight excluding hydrogens is 396 g/mol. The lowest BCUT2D eigenvalue weighted by molar-refractivity contribution is 0.282. The zero-order valence-corrected chi connectivity index (χ0v) is 17.8. The predicted octanol–water partition coefficient (Wildman–Crippen LogP) is 2.79. The van der Waals surface area contributed by atoms with Crippen molar-refractivity contribution in [1.82, 2.24) is 19.8 Å². The van der Waals surface area contributed by atoms with Gasteiger partial charge in [-0.05, 0) is 41.1 Å². The number of para-hydroxylation sites is 1. The number of tetrazole rings is 1. The monoisotopic (exact) mass is 420 g/mol. The van der Waals surface area contributed by atoms with E-state index in [1.54, 1.807) is 7.05 Å². The predicted molar refractivity (Wildman–Crippen MR) is 117 cm³/mol. The summed E-state index contributed by atoms with van der Waals surface area (Å²) >= 11 is 0. The summed E-state index contributed by atoms with van der Waals surface area (Å²) < 4.78 is 14.1. The maximum atomic E-state index is 12.3. The highest BCUT2D eigenvalue weighted by atomic mass is 16.5. The number of ether oxygens (including phenoxy) is 2. The van der Waals surface area contributed by atoms with Gasteiger partial charge >= 0.3 is 5.69 Å². The van der Waals surface area contributed by atoms with Gasteiger partial charge in [0, 0.05) is 31.0 Å². The Labute approximate surface area is 179 Å². The van der Waals surface area contributed by atoms with E-state index in [1.165, 1.54) is 9.36 Å². The van der Waals surface area contributed by atoms with Gasteiger partial charge in [-0.1, -0.05) is 31.2 Å². The van der Waals surface area contributed by atoms with E-state index >= 15 is 0 Å². The summed E-state index contributed by atoms with van der Waals surface area (Å²) in [5, 5.41) is 16.6. The fraction of sp³-hybridized carbons (Fsp3) is 0.318. The molecule has 0 bridgehead atoms. The highest BCUT2D eigenvalue weighted by Gasteiger charge is 2.17. The molecule has 0 fully saturated rings. The number of fused-ring (bicyclic) bond motifs is 1. The van der Waals surface area contributed by atoms with Gasteiger partial charge < -0.3 is 9.47 Å². The number of aryl methyl sites for hydroxylation is 2. The van der Waals surface area contributed by atoms with Crippen LogP contribution in [0.2, 0.25) is 0 Å². The van der Waals surface area contributed by atoms with Crippen molar-refractivity contribution >= 4 is 11.6 Å². The lowest BCUT2D eigenvalue weighted by Crippen LogP contribution is -2.23. The molecule has 0 radical (unpaired) electrons. The van der Waals surface area contributed by atoms with Crippen LogP contribution >= 0.6 is 0 Å². The van der Waals surface area contributed by atoms with Gasteiger partial charge in [-0.3, -0.25) is 0 Å². The summed E-state index contributed by atoms with van der Waals surface area (Å²) in [5.41, 5.74) is 3.97. The first-order chi connectivity index (χ1) is 15.1. The third-order valence-electron chi connectivity index (χ3n) is 5.10. The molecule has 3 aromatic rings. The molecular formula is C22H24N6O3. The highest BCUT2D eigenvalue weighted by Crippen LogP contribution is 2.24. The van der Waals surface area contributed by atoms with Gasteiger partial charge in [0.2, 0.25) is 5.90 Å². The first-order valence-electron chi connectivity index (χ1n) is 10.1. The van der Waals surface area contributed by atoms with Crippen LogP contribution in [0, 0.1) is 6.92 Å². The van der Waals surface area contributed by atoms with E-state index in [0.717, 1.165) is 28.2 Å². The molecule has 0 atom stereocenters. The minimum absolute atomic E-state index is 0.238. The molecule has 0 saturated carbocycles. The van der Waals surface area contributed by atoms with E-state index in [1.807, 2.05) is 56.3 Å². The molecule has 1 aliphatic rings. The van der Waals surface area contributed by atoms with Crippen LogP contribution < -0.4 is 10.4 Å². The van der Waals surface area contributed by atoms with Gasteiger partial charge in [-0.15, -0.1) is 5.10 Å². The summed E-state index contributed by atoms with van der Waals surface area (Å²) in [6.07, 6.45) is 1.27. The van der Waals surface area contributed by atoms with Crippen molar-refractivity contribution in [2.24, 2.45) is 17.3 Å². The van der Waals surface area contributed by atoms with E-state index in [2.05, 4.69) is 20.6 Å². The van der Waals surface area contributed by atoms with Gasteiger partial charge in [0.1, 0.15) is 12.4 Å². The maximum Gasteiger partial charge on any atom is 0.368 e. The normalized spacial score (nSPS) is 14.9. The van der Waals surface area contributed by atoms with Crippen LogP contribution in [0.25, 0.3) is 5.69 Å². The van der Waals surface area contributed by atoms with E-state index in [9.17, 15) is 4.79 Å². The molecule has 0 saturated heterocycles. The molecule has 0 spiro atoms. The molecule has 2 heterocycles. The zero-order valence-electron chi connectivity index (χ0n) is 17.8. The van der Waals surface area contributed by atoms with Crippen LogP contribution in [0.15, 0.2) is 57.5 Å². The van der Waals surface area contributed by atoms with Crippen LogP contribution in [-0.2, 0) is 18.4 Å². The summed E-state index contributed by atoms with van der Waals surface area (Å²) in [4.78, 5) is 12.3. The molecule has 0 aliphatic carbocycles. The molecule has 0 unspecified atom stereocenters. The smallest absolute Gasteiger partial charge is 0.368 e. The van der Waals surface area contributed by atoms with E-state index < -0.39 is 0 Å². The van der Waals surface area contributed by atoms with Gasteiger partial charge in [0.05, 0.1) is 18.0 Å². The maximum absolute atomic E-state index is 12.3. The second kappa shape index (κ2) is 8.95. The average molecular weight is 420 g/mol. The van der Waals surface area contributed by atoms with Gasteiger partial charge in [0.25, 0.3) is 0 Å². The van der Waals surface area contributed by atoms with Crippen LogP contribution in [0.4, 0.5) is 0 Å². The summed E-state index contributed by atoms with van der Waals surface area (Å²) in [6, 6.07) is 13.5. The molecule has 2 aromatic carbocycles. The Bertz CT molecular complexity index is 1210. The number of hydrogen-bond donors (Lipinski definition) is 0.